The van der Waals surface area contributed by atoms with E-state index in [0.717, 1.165) is 0 Å². The number of hydrogen-bond donors (Lipinski definition) is 1. The Morgan fingerprint density at radius 1 is 1.26 bits per heavy atom. The van der Waals surface area contributed by atoms with Crippen molar-refractivity contribution < 1.29 is 23.8 Å². The first-order valence-electron chi connectivity index (χ1n) is 7.06. The molecule has 1 saturated carbocycles. The molecule has 0 saturated heterocycles. The Morgan fingerprint density at radius 2 is 1.91 bits per heavy atom. The average molecular weight is 360 g/mol. The number of esters is 1. The second-order valence-corrected chi connectivity index (χ2v) is 7.18. The van der Waals surface area contributed by atoms with E-state index in [4.69, 9.17) is 37.4 Å². The highest BCUT2D eigenvalue weighted by Gasteiger charge is 2.69. The minimum Gasteiger partial charge on any atom is -0.486 e. The molecule has 0 radical (unpaired) electrons. The number of benzene rings is 1. The van der Waals surface area contributed by atoms with Gasteiger partial charge in [-0.2, -0.15) is 0 Å². The predicted octanol–water partition coefficient (Wildman–Crippen LogP) is 2.52. The fraction of sp³-hybridized carbons (Fsp3) is 0.467. The van der Waals surface area contributed by atoms with E-state index in [1.54, 1.807) is 25.1 Å². The van der Waals surface area contributed by atoms with Gasteiger partial charge in [0.05, 0.1) is 0 Å². The van der Waals surface area contributed by atoms with Crippen molar-refractivity contribution in [3.63, 3.8) is 0 Å². The number of hydrogen-bond acceptors (Lipinski definition) is 5. The van der Waals surface area contributed by atoms with Crippen molar-refractivity contribution >= 4 is 40.8 Å². The lowest BCUT2D eigenvalue weighted by atomic mass is 10.1. The zero-order valence-electron chi connectivity index (χ0n) is 12.4. The van der Waals surface area contributed by atoms with Gasteiger partial charge in [-0.1, -0.05) is 0 Å². The number of anilines is 1. The Kier molecular flexibility index (Phi) is 4.06. The van der Waals surface area contributed by atoms with Crippen molar-refractivity contribution in [1.29, 1.82) is 0 Å². The molecule has 1 N–H and O–H groups in total. The fourth-order valence-electron chi connectivity index (χ4n) is 2.23. The maximum absolute atomic E-state index is 11.9. The number of carbonyl (C=O) groups excluding carboxylic acids is 2. The van der Waals surface area contributed by atoms with Gasteiger partial charge in [0.1, 0.15) is 23.0 Å². The van der Waals surface area contributed by atoms with Crippen molar-refractivity contribution in [3.05, 3.63) is 18.2 Å². The predicted molar refractivity (Wildman–Crippen MR) is 84.2 cm³/mol. The molecule has 1 aromatic carbocycles. The van der Waals surface area contributed by atoms with Gasteiger partial charge >= 0.3 is 5.97 Å². The number of alkyl halides is 2. The van der Waals surface area contributed by atoms with Gasteiger partial charge in [-0.3, -0.25) is 9.59 Å². The van der Waals surface area contributed by atoms with Crippen LogP contribution in [-0.2, 0) is 14.3 Å². The lowest BCUT2D eigenvalue weighted by Gasteiger charge is -2.19. The standard InChI is InChI=1S/C15H15Cl2NO5/c1-14(8-15(14,16)17)13(20)23-7-12(19)18-9-2-3-10-11(6-9)22-5-4-21-10/h2-3,6H,4-5,7-8H2,1H3,(H,18,19)/t14-/m0/s1. The molecule has 1 aliphatic heterocycles. The van der Waals surface area contributed by atoms with E-state index in [2.05, 4.69) is 5.32 Å². The quantitative estimate of drug-likeness (QED) is 0.660. The van der Waals surface area contributed by atoms with Crippen LogP contribution < -0.4 is 14.8 Å². The second-order valence-electron chi connectivity index (χ2n) is 5.70. The molecular weight excluding hydrogens is 345 g/mol. The molecule has 0 bridgehead atoms. The molecule has 0 aromatic heterocycles. The maximum Gasteiger partial charge on any atom is 0.315 e. The van der Waals surface area contributed by atoms with Gasteiger partial charge in [0.25, 0.3) is 5.91 Å². The zero-order chi connectivity index (χ0) is 16.7. The lowest BCUT2D eigenvalue weighted by Crippen LogP contribution is -2.26. The van der Waals surface area contributed by atoms with Gasteiger partial charge < -0.3 is 19.5 Å². The number of rotatable bonds is 4. The van der Waals surface area contributed by atoms with E-state index in [1.807, 2.05) is 0 Å². The Morgan fingerprint density at radius 3 is 2.57 bits per heavy atom. The Bertz CT molecular complexity index is 663. The first-order chi connectivity index (χ1) is 10.8. The normalized spacial score (nSPS) is 23.8. The molecule has 1 amide bonds. The van der Waals surface area contributed by atoms with Crippen LogP contribution in [0.3, 0.4) is 0 Å². The molecule has 1 aliphatic carbocycles. The number of nitrogens with one attached hydrogen (secondary N) is 1. The van der Waals surface area contributed by atoms with Crippen LogP contribution in [0.1, 0.15) is 13.3 Å². The van der Waals surface area contributed by atoms with Gasteiger partial charge in [-0.15, -0.1) is 23.2 Å². The minimum atomic E-state index is -1.11. The average Bonchev–Trinajstić information content (AvgIpc) is 3.04. The summed E-state index contributed by atoms with van der Waals surface area (Å²) >= 11 is 11.8. The van der Waals surface area contributed by atoms with Gasteiger partial charge in [0.15, 0.2) is 18.1 Å². The topological polar surface area (TPSA) is 73.9 Å². The van der Waals surface area contributed by atoms with Crippen LogP contribution in [0.25, 0.3) is 0 Å². The third-order valence-corrected chi connectivity index (χ3v) is 4.97. The molecule has 1 aromatic rings. The highest BCUT2D eigenvalue weighted by atomic mass is 35.5. The van der Waals surface area contributed by atoms with E-state index in [-0.39, 0.29) is 0 Å². The van der Waals surface area contributed by atoms with E-state index in [1.165, 1.54) is 0 Å². The number of halogens is 2. The number of carbonyl (C=O) groups is 2. The highest BCUT2D eigenvalue weighted by Crippen LogP contribution is 2.64. The van der Waals surface area contributed by atoms with Crippen LogP contribution in [0, 0.1) is 5.41 Å². The van der Waals surface area contributed by atoms with Gasteiger partial charge in [-0.25, -0.2) is 0 Å². The minimum absolute atomic E-state index is 0.311. The van der Waals surface area contributed by atoms with E-state index < -0.39 is 28.2 Å². The van der Waals surface area contributed by atoms with Crippen LogP contribution >= 0.6 is 23.2 Å². The molecule has 1 heterocycles. The van der Waals surface area contributed by atoms with E-state index in [0.29, 0.717) is 36.8 Å². The fourth-order valence-corrected chi connectivity index (χ4v) is 2.92. The summed E-state index contributed by atoms with van der Waals surface area (Å²) in [6.07, 6.45) is 0.311. The van der Waals surface area contributed by atoms with Crippen molar-refractivity contribution in [2.75, 3.05) is 25.1 Å². The summed E-state index contributed by atoms with van der Waals surface area (Å²) in [5, 5.41) is 2.62. The number of amides is 1. The first kappa shape index (κ1) is 16.2. The van der Waals surface area contributed by atoms with Gasteiger partial charge in [0.2, 0.25) is 0 Å². The smallest absolute Gasteiger partial charge is 0.315 e. The molecule has 2 aliphatic rings. The summed E-state index contributed by atoms with van der Waals surface area (Å²) in [4.78, 5) is 23.8. The summed E-state index contributed by atoms with van der Waals surface area (Å²) < 4.78 is 14.7. The largest absolute Gasteiger partial charge is 0.486 e. The molecule has 3 rings (SSSR count). The lowest BCUT2D eigenvalue weighted by molar-refractivity contribution is -0.152. The molecule has 1 atom stereocenters. The molecule has 8 heteroatoms. The number of fused-ring (bicyclic) bond motifs is 1. The van der Waals surface area contributed by atoms with Crippen LogP contribution in [0.5, 0.6) is 11.5 Å². The SMILES string of the molecule is C[C@@]1(C(=O)OCC(=O)Nc2ccc3c(c2)OCCO3)CC1(Cl)Cl. The molecule has 1 fully saturated rings. The van der Waals surface area contributed by atoms with Crippen molar-refractivity contribution in [2.24, 2.45) is 5.41 Å². The van der Waals surface area contributed by atoms with Crippen LogP contribution in [-0.4, -0.2) is 36.0 Å². The summed E-state index contributed by atoms with van der Waals surface area (Å²) in [5.74, 6) is 0.141. The summed E-state index contributed by atoms with van der Waals surface area (Å²) in [6.45, 7) is 2.15. The second kappa shape index (κ2) is 5.76. The number of ether oxygens (including phenoxy) is 3. The van der Waals surface area contributed by atoms with Crippen molar-refractivity contribution in [2.45, 2.75) is 17.7 Å². The Labute approximate surface area is 143 Å². The van der Waals surface area contributed by atoms with E-state index >= 15 is 0 Å². The van der Waals surface area contributed by atoms with Gasteiger partial charge in [0, 0.05) is 18.2 Å². The van der Waals surface area contributed by atoms with Crippen LogP contribution in [0.15, 0.2) is 18.2 Å². The molecule has 23 heavy (non-hydrogen) atoms. The summed E-state index contributed by atoms with van der Waals surface area (Å²) in [5.41, 5.74) is -0.426. The molecule has 0 spiro atoms. The summed E-state index contributed by atoms with van der Waals surface area (Å²) in [6, 6.07) is 5.04. The van der Waals surface area contributed by atoms with E-state index in [9.17, 15) is 9.59 Å². The molecule has 6 nitrogen and oxygen atoms in total. The third kappa shape index (κ3) is 3.19. The van der Waals surface area contributed by atoms with Crippen molar-refractivity contribution in [3.8, 4) is 11.5 Å². The highest BCUT2D eigenvalue weighted by molar-refractivity contribution is 6.53. The molecular formula is C15H15Cl2NO5. The Balaban J connectivity index is 1.53. The molecule has 124 valence electrons. The first-order valence-corrected chi connectivity index (χ1v) is 7.82. The van der Waals surface area contributed by atoms with Crippen molar-refractivity contribution in [1.82, 2.24) is 0 Å². The van der Waals surface area contributed by atoms with Crippen LogP contribution in [0.2, 0.25) is 0 Å². The monoisotopic (exact) mass is 359 g/mol. The maximum atomic E-state index is 11.9. The Hall–Kier alpha value is -1.66. The third-order valence-electron chi connectivity index (χ3n) is 3.87. The summed E-state index contributed by atoms with van der Waals surface area (Å²) in [7, 11) is 0. The zero-order valence-corrected chi connectivity index (χ0v) is 13.9. The van der Waals surface area contributed by atoms with Crippen LogP contribution in [0.4, 0.5) is 5.69 Å². The molecule has 0 unspecified atom stereocenters. The van der Waals surface area contributed by atoms with Gasteiger partial charge in [-0.05, 0) is 19.1 Å².